The van der Waals surface area contributed by atoms with Crippen LogP contribution >= 0.6 is 0 Å². The molecule has 1 aromatic carbocycles. The predicted molar refractivity (Wildman–Crippen MR) is 90.8 cm³/mol. The van der Waals surface area contributed by atoms with Crippen molar-refractivity contribution < 1.29 is 32.0 Å². The minimum absolute atomic E-state index is 0.202. The van der Waals surface area contributed by atoms with Gasteiger partial charge in [0.25, 0.3) is 5.91 Å². The van der Waals surface area contributed by atoms with Gasteiger partial charge in [0.1, 0.15) is 6.42 Å². The van der Waals surface area contributed by atoms with Crippen molar-refractivity contribution in [3.63, 3.8) is 0 Å². The molecule has 1 saturated heterocycles. The zero-order valence-electron chi connectivity index (χ0n) is 14.6. The molecule has 2 heterocycles. The molecule has 0 saturated carbocycles. The molecule has 1 aliphatic rings. The molecule has 1 aromatic heterocycles. The average molecular weight is 395 g/mol. The van der Waals surface area contributed by atoms with Gasteiger partial charge in [-0.25, -0.2) is 13.2 Å². The molecular weight excluding hydrogens is 379 g/mol. The van der Waals surface area contributed by atoms with E-state index in [9.17, 15) is 27.6 Å². The molecule has 2 aromatic rings. The number of benzene rings is 1. The van der Waals surface area contributed by atoms with E-state index in [1.807, 2.05) is 5.32 Å². The second kappa shape index (κ2) is 8.15. The molecular formula is C18H16F3N3O4. The lowest BCUT2D eigenvalue weighted by atomic mass is 10.2. The van der Waals surface area contributed by atoms with E-state index in [1.165, 1.54) is 16.1 Å². The summed E-state index contributed by atoms with van der Waals surface area (Å²) in [5, 5.41) is 2.05. The lowest BCUT2D eigenvalue weighted by molar-refractivity contribution is -0.135. The van der Waals surface area contributed by atoms with Gasteiger partial charge in [-0.2, -0.15) is 0 Å². The topological polar surface area (TPSA) is 82.9 Å². The first-order valence-electron chi connectivity index (χ1n) is 8.40. The predicted octanol–water partition coefficient (Wildman–Crippen LogP) is 2.01. The number of amides is 3. The van der Waals surface area contributed by atoms with Crippen LogP contribution in [0.3, 0.4) is 0 Å². The summed E-state index contributed by atoms with van der Waals surface area (Å²) in [6.07, 6.45) is 0.798. The minimum Gasteiger partial charge on any atom is -0.459 e. The molecule has 0 unspecified atom stereocenters. The monoisotopic (exact) mass is 395 g/mol. The van der Waals surface area contributed by atoms with E-state index in [1.54, 1.807) is 12.1 Å². The zero-order valence-corrected chi connectivity index (χ0v) is 14.6. The van der Waals surface area contributed by atoms with Gasteiger partial charge in [0.2, 0.25) is 11.8 Å². The van der Waals surface area contributed by atoms with Crippen molar-refractivity contribution in [3.8, 4) is 0 Å². The molecule has 1 aliphatic heterocycles. The Labute approximate surface area is 157 Å². The quantitative estimate of drug-likeness (QED) is 0.634. The number of carbonyl (C=O) groups is 3. The molecule has 3 amide bonds. The molecule has 0 spiro atoms. The molecule has 1 fully saturated rings. The maximum atomic E-state index is 13.6. The first-order valence-corrected chi connectivity index (χ1v) is 8.40. The van der Waals surface area contributed by atoms with Crippen molar-refractivity contribution in [3.05, 3.63) is 53.7 Å². The third-order valence-electron chi connectivity index (χ3n) is 4.27. The Morgan fingerprint density at radius 3 is 2.29 bits per heavy atom. The van der Waals surface area contributed by atoms with Gasteiger partial charge in [-0.05, 0) is 24.3 Å². The summed E-state index contributed by atoms with van der Waals surface area (Å²) in [6, 6.07) is 4.68. The Bertz CT molecular complexity index is 894. The largest absolute Gasteiger partial charge is 0.459 e. The van der Waals surface area contributed by atoms with Crippen molar-refractivity contribution in [1.82, 2.24) is 9.80 Å². The SMILES string of the molecule is O=C(CC(=O)N1CCN(C(=O)c2ccco2)CC1)Nc1ccc(F)c(F)c1F. The summed E-state index contributed by atoms with van der Waals surface area (Å²) in [5.74, 6) is -6.09. The Balaban J connectivity index is 1.51. The molecule has 28 heavy (non-hydrogen) atoms. The van der Waals surface area contributed by atoms with Crippen LogP contribution in [0.5, 0.6) is 0 Å². The van der Waals surface area contributed by atoms with E-state index in [-0.39, 0.29) is 37.8 Å². The van der Waals surface area contributed by atoms with Gasteiger partial charge in [-0.3, -0.25) is 14.4 Å². The Hall–Kier alpha value is -3.30. The summed E-state index contributed by atoms with van der Waals surface area (Å²) in [4.78, 5) is 39.2. The second-order valence-electron chi connectivity index (χ2n) is 6.10. The third kappa shape index (κ3) is 4.16. The van der Waals surface area contributed by atoms with E-state index in [0.29, 0.717) is 6.07 Å². The normalized spacial score (nSPS) is 14.1. The van der Waals surface area contributed by atoms with Crippen LogP contribution in [0.1, 0.15) is 17.0 Å². The van der Waals surface area contributed by atoms with Gasteiger partial charge in [-0.15, -0.1) is 0 Å². The summed E-state index contributed by atoms with van der Waals surface area (Å²) >= 11 is 0. The van der Waals surface area contributed by atoms with Crippen LogP contribution < -0.4 is 5.32 Å². The van der Waals surface area contributed by atoms with E-state index < -0.39 is 41.4 Å². The maximum Gasteiger partial charge on any atom is 0.289 e. The minimum atomic E-state index is -1.71. The van der Waals surface area contributed by atoms with Crippen LogP contribution in [0.25, 0.3) is 0 Å². The third-order valence-corrected chi connectivity index (χ3v) is 4.27. The number of furan rings is 1. The number of hydrogen-bond acceptors (Lipinski definition) is 4. The first kappa shape index (κ1) is 19.5. The number of carbonyl (C=O) groups excluding carboxylic acids is 3. The van der Waals surface area contributed by atoms with Gasteiger partial charge in [0, 0.05) is 26.2 Å². The van der Waals surface area contributed by atoms with E-state index in [0.717, 1.165) is 6.07 Å². The standard InChI is InChI=1S/C18H16F3N3O4/c19-11-3-4-12(17(21)16(11)20)22-14(25)10-15(26)23-5-7-24(8-6-23)18(27)13-2-1-9-28-13/h1-4,9H,5-8,10H2,(H,22,25). The molecule has 0 bridgehead atoms. The number of halogens is 3. The summed E-state index contributed by atoms with van der Waals surface area (Å²) < 4.78 is 44.7. The van der Waals surface area contributed by atoms with Crippen molar-refractivity contribution in [1.29, 1.82) is 0 Å². The Kier molecular flexibility index (Phi) is 5.67. The molecule has 0 aliphatic carbocycles. The second-order valence-corrected chi connectivity index (χ2v) is 6.10. The van der Waals surface area contributed by atoms with Gasteiger partial charge in [0.05, 0.1) is 12.0 Å². The lowest BCUT2D eigenvalue weighted by Gasteiger charge is -2.34. The molecule has 10 heteroatoms. The van der Waals surface area contributed by atoms with Gasteiger partial charge in [0.15, 0.2) is 23.2 Å². The van der Waals surface area contributed by atoms with Crippen LogP contribution in [-0.2, 0) is 9.59 Å². The number of nitrogens with zero attached hydrogens (tertiary/aromatic N) is 2. The van der Waals surface area contributed by atoms with Crippen molar-refractivity contribution in [2.45, 2.75) is 6.42 Å². The van der Waals surface area contributed by atoms with Gasteiger partial charge >= 0.3 is 0 Å². The van der Waals surface area contributed by atoms with Crippen LogP contribution in [0.2, 0.25) is 0 Å². The maximum absolute atomic E-state index is 13.6. The van der Waals surface area contributed by atoms with Crippen molar-refractivity contribution in [2.24, 2.45) is 0 Å². The highest BCUT2D eigenvalue weighted by Crippen LogP contribution is 2.20. The van der Waals surface area contributed by atoms with E-state index in [2.05, 4.69) is 0 Å². The fourth-order valence-electron chi connectivity index (χ4n) is 2.78. The fraction of sp³-hybridized carbons (Fsp3) is 0.278. The summed E-state index contributed by atoms with van der Waals surface area (Å²) in [5.41, 5.74) is -0.550. The van der Waals surface area contributed by atoms with Crippen LogP contribution in [0, 0.1) is 17.5 Å². The summed E-state index contributed by atoms with van der Waals surface area (Å²) in [7, 11) is 0. The molecule has 7 nitrogen and oxygen atoms in total. The number of piperazine rings is 1. The number of nitrogens with one attached hydrogen (secondary N) is 1. The highest BCUT2D eigenvalue weighted by molar-refractivity contribution is 6.03. The summed E-state index contributed by atoms with van der Waals surface area (Å²) in [6.45, 7) is 0.978. The number of anilines is 1. The molecule has 0 radical (unpaired) electrons. The highest BCUT2D eigenvalue weighted by Gasteiger charge is 2.27. The molecule has 0 atom stereocenters. The molecule has 1 N–H and O–H groups in total. The van der Waals surface area contributed by atoms with E-state index in [4.69, 9.17) is 4.42 Å². The van der Waals surface area contributed by atoms with E-state index >= 15 is 0 Å². The molecule has 3 rings (SSSR count). The van der Waals surface area contributed by atoms with Crippen LogP contribution in [0.4, 0.5) is 18.9 Å². The zero-order chi connectivity index (χ0) is 20.3. The van der Waals surface area contributed by atoms with Crippen molar-refractivity contribution >= 4 is 23.4 Å². The van der Waals surface area contributed by atoms with Crippen LogP contribution in [0.15, 0.2) is 34.9 Å². The number of rotatable bonds is 4. The molecule has 148 valence electrons. The van der Waals surface area contributed by atoms with Gasteiger partial charge < -0.3 is 19.5 Å². The van der Waals surface area contributed by atoms with Crippen LogP contribution in [-0.4, -0.2) is 53.7 Å². The highest BCUT2D eigenvalue weighted by atomic mass is 19.2. The van der Waals surface area contributed by atoms with Crippen molar-refractivity contribution in [2.75, 3.05) is 31.5 Å². The van der Waals surface area contributed by atoms with Gasteiger partial charge in [-0.1, -0.05) is 0 Å². The first-order chi connectivity index (χ1) is 13.4. The lowest BCUT2D eigenvalue weighted by Crippen LogP contribution is -2.51. The number of hydrogen-bond donors (Lipinski definition) is 1. The smallest absolute Gasteiger partial charge is 0.289 e. The Morgan fingerprint density at radius 1 is 0.964 bits per heavy atom. The Morgan fingerprint density at radius 2 is 1.64 bits per heavy atom. The average Bonchev–Trinajstić information content (AvgIpc) is 3.23. The fourth-order valence-corrected chi connectivity index (χ4v) is 2.78.